The summed E-state index contributed by atoms with van der Waals surface area (Å²) in [4.78, 5) is 14.2. The molecular weight excluding hydrogens is 250 g/mol. The van der Waals surface area contributed by atoms with Crippen LogP contribution in [0.2, 0.25) is 0 Å². The fraction of sp³-hybridized carbons (Fsp3) is 0.938. The van der Waals surface area contributed by atoms with Gasteiger partial charge >= 0.3 is 0 Å². The van der Waals surface area contributed by atoms with Crippen molar-refractivity contribution in [2.75, 3.05) is 39.8 Å². The molecule has 0 radical (unpaired) electrons. The normalized spacial score (nSPS) is 17.6. The largest absolute Gasteiger partial charge is 0.356 e. The maximum atomic E-state index is 11.7. The van der Waals surface area contributed by atoms with Crippen molar-refractivity contribution in [3.8, 4) is 0 Å². The van der Waals surface area contributed by atoms with Gasteiger partial charge in [-0.1, -0.05) is 13.8 Å². The molecule has 0 aromatic heterocycles. The molecule has 1 fully saturated rings. The van der Waals surface area contributed by atoms with Crippen molar-refractivity contribution in [1.82, 2.24) is 15.5 Å². The van der Waals surface area contributed by atoms with Gasteiger partial charge < -0.3 is 15.5 Å². The number of amides is 1. The van der Waals surface area contributed by atoms with Crippen LogP contribution in [0.4, 0.5) is 0 Å². The molecule has 4 heteroatoms. The van der Waals surface area contributed by atoms with Crippen LogP contribution < -0.4 is 10.6 Å². The highest BCUT2D eigenvalue weighted by Gasteiger charge is 2.19. The van der Waals surface area contributed by atoms with E-state index in [1.807, 2.05) is 7.05 Å². The summed E-state index contributed by atoms with van der Waals surface area (Å²) in [6.45, 7) is 10.0. The minimum Gasteiger partial charge on any atom is -0.356 e. The van der Waals surface area contributed by atoms with Crippen LogP contribution in [0.15, 0.2) is 0 Å². The summed E-state index contributed by atoms with van der Waals surface area (Å²) in [7, 11) is 1.92. The molecule has 1 aliphatic rings. The molecule has 0 aromatic rings. The number of likely N-dealkylation sites (tertiary alicyclic amines) is 1. The van der Waals surface area contributed by atoms with E-state index >= 15 is 0 Å². The highest BCUT2D eigenvalue weighted by atomic mass is 16.1. The van der Waals surface area contributed by atoms with Gasteiger partial charge in [0.05, 0.1) is 0 Å². The van der Waals surface area contributed by atoms with Gasteiger partial charge in [-0.05, 0) is 70.7 Å². The lowest BCUT2D eigenvalue weighted by Gasteiger charge is -2.32. The van der Waals surface area contributed by atoms with Crippen LogP contribution in [0.5, 0.6) is 0 Å². The second kappa shape index (κ2) is 10.2. The Bertz CT molecular complexity index is 260. The first-order valence-corrected chi connectivity index (χ1v) is 8.25. The van der Waals surface area contributed by atoms with E-state index in [4.69, 9.17) is 0 Å². The third-order valence-electron chi connectivity index (χ3n) is 4.15. The topological polar surface area (TPSA) is 44.4 Å². The Labute approximate surface area is 124 Å². The zero-order valence-electron chi connectivity index (χ0n) is 13.6. The Kier molecular flexibility index (Phi) is 8.86. The molecular formula is C16H33N3O. The minimum atomic E-state index is 0.211. The van der Waals surface area contributed by atoms with Crippen LogP contribution in [-0.4, -0.2) is 50.6 Å². The fourth-order valence-corrected chi connectivity index (χ4v) is 2.63. The molecule has 0 saturated carbocycles. The second-order valence-electron chi connectivity index (χ2n) is 6.48. The van der Waals surface area contributed by atoms with E-state index in [2.05, 4.69) is 29.4 Å². The maximum Gasteiger partial charge on any atom is 0.220 e. The number of rotatable bonds is 9. The molecule has 0 spiro atoms. The predicted octanol–water partition coefficient (Wildman–Crippen LogP) is 1.86. The molecule has 4 nitrogen and oxygen atoms in total. The Balaban J connectivity index is 2.05. The van der Waals surface area contributed by atoms with Crippen LogP contribution in [0.1, 0.15) is 46.0 Å². The lowest BCUT2D eigenvalue weighted by molar-refractivity contribution is -0.121. The van der Waals surface area contributed by atoms with Crippen molar-refractivity contribution in [2.45, 2.75) is 46.0 Å². The summed E-state index contributed by atoms with van der Waals surface area (Å²) in [5, 5.41) is 6.16. The molecule has 0 unspecified atom stereocenters. The average molecular weight is 283 g/mol. The van der Waals surface area contributed by atoms with Crippen LogP contribution in [0, 0.1) is 11.8 Å². The molecule has 0 bridgehead atoms. The van der Waals surface area contributed by atoms with Crippen LogP contribution in [0.3, 0.4) is 0 Å². The van der Waals surface area contributed by atoms with Gasteiger partial charge in [-0.25, -0.2) is 0 Å². The third-order valence-corrected chi connectivity index (χ3v) is 4.15. The van der Waals surface area contributed by atoms with Crippen molar-refractivity contribution >= 4 is 5.91 Å². The molecule has 118 valence electrons. The van der Waals surface area contributed by atoms with Gasteiger partial charge in [-0.2, -0.15) is 0 Å². The molecule has 1 saturated heterocycles. The summed E-state index contributed by atoms with van der Waals surface area (Å²) in [5.74, 6) is 1.69. The van der Waals surface area contributed by atoms with E-state index < -0.39 is 0 Å². The van der Waals surface area contributed by atoms with E-state index in [0.717, 1.165) is 25.4 Å². The maximum absolute atomic E-state index is 11.7. The molecule has 1 aliphatic heterocycles. The lowest BCUT2D eigenvalue weighted by Crippen LogP contribution is -2.39. The van der Waals surface area contributed by atoms with Crippen molar-refractivity contribution in [1.29, 1.82) is 0 Å². The third kappa shape index (κ3) is 7.85. The number of carbonyl (C=O) groups excluding carboxylic acids is 1. The van der Waals surface area contributed by atoms with E-state index in [1.165, 1.54) is 38.9 Å². The van der Waals surface area contributed by atoms with E-state index in [-0.39, 0.29) is 5.91 Å². The van der Waals surface area contributed by atoms with Gasteiger partial charge in [-0.15, -0.1) is 0 Å². The zero-order valence-corrected chi connectivity index (χ0v) is 13.6. The Hall–Kier alpha value is -0.610. The average Bonchev–Trinajstić information content (AvgIpc) is 2.44. The standard InChI is InChI=1S/C16H33N3O/c1-14(2)6-10-19-11-7-15(8-12-19)13-18-16(20)5-4-9-17-3/h14-15,17H,4-13H2,1-3H3,(H,18,20). The van der Waals surface area contributed by atoms with Gasteiger partial charge in [0.25, 0.3) is 0 Å². The van der Waals surface area contributed by atoms with E-state index in [1.54, 1.807) is 0 Å². The zero-order chi connectivity index (χ0) is 14.8. The monoisotopic (exact) mass is 283 g/mol. The summed E-state index contributed by atoms with van der Waals surface area (Å²) in [6.07, 6.45) is 5.33. The first kappa shape index (κ1) is 17.4. The van der Waals surface area contributed by atoms with Crippen molar-refractivity contribution in [2.24, 2.45) is 11.8 Å². The fourth-order valence-electron chi connectivity index (χ4n) is 2.63. The van der Waals surface area contributed by atoms with Gasteiger partial charge in [0.2, 0.25) is 5.91 Å². The van der Waals surface area contributed by atoms with E-state index in [0.29, 0.717) is 12.3 Å². The van der Waals surface area contributed by atoms with Gasteiger partial charge in [0.15, 0.2) is 0 Å². The van der Waals surface area contributed by atoms with Crippen LogP contribution >= 0.6 is 0 Å². The smallest absolute Gasteiger partial charge is 0.220 e. The second-order valence-corrected chi connectivity index (χ2v) is 6.48. The number of hydrogen-bond donors (Lipinski definition) is 2. The van der Waals surface area contributed by atoms with Gasteiger partial charge in [-0.3, -0.25) is 4.79 Å². The van der Waals surface area contributed by atoms with Crippen molar-refractivity contribution < 1.29 is 4.79 Å². The molecule has 0 atom stereocenters. The summed E-state index contributed by atoms with van der Waals surface area (Å²) < 4.78 is 0. The molecule has 0 aliphatic carbocycles. The first-order chi connectivity index (χ1) is 9.61. The number of nitrogens with zero attached hydrogens (tertiary/aromatic N) is 1. The van der Waals surface area contributed by atoms with Gasteiger partial charge in [0.1, 0.15) is 0 Å². The molecule has 2 N–H and O–H groups in total. The van der Waals surface area contributed by atoms with Crippen molar-refractivity contribution in [3.05, 3.63) is 0 Å². The number of carbonyl (C=O) groups is 1. The highest BCUT2D eigenvalue weighted by Crippen LogP contribution is 2.17. The Morgan fingerprint density at radius 2 is 2.00 bits per heavy atom. The van der Waals surface area contributed by atoms with Gasteiger partial charge in [0, 0.05) is 13.0 Å². The molecule has 20 heavy (non-hydrogen) atoms. The Morgan fingerprint density at radius 3 is 2.60 bits per heavy atom. The minimum absolute atomic E-state index is 0.211. The quantitative estimate of drug-likeness (QED) is 0.635. The number of hydrogen-bond acceptors (Lipinski definition) is 3. The van der Waals surface area contributed by atoms with E-state index in [9.17, 15) is 4.79 Å². The molecule has 1 heterocycles. The lowest BCUT2D eigenvalue weighted by atomic mass is 9.96. The summed E-state index contributed by atoms with van der Waals surface area (Å²) in [6, 6.07) is 0. The SMILES string of the molecule is CNCCCC(=O)NCC1CCN(CCC(C)C)CC1. The van der Waals surface area contributed by atoms with Crippen LogP contribution in [-0.2, 0) is 4.79 Å². The summed E-state index contributed by atoms with van der Waals surface area (Å²) in [5.41, 5.74) is 0. The first-order valence-electron chi connectivity index (χ1n) is 8.25. The molecule has 1 amide bonds. The number of piperidine rings is 1. The van der Waals surface area contributed by atoms with Crippen LogP contribution in [0.25, 0.3) is 0 Å². The number of nitrogens with one attached hydrogen (secondary N) is 2. The predicted molar refractivity (Wildman–Crippen MR) is 84.8 cm³/mol. The van der Waals surface area contributed by atoms with Crippen molar-refractivity contribution in [3.63, 3.8) is 0 Å². The summed E-state index contributed by atoms with van der Waals surface area (Å²) >= 11 is 0. The highest BCUT2D eigenvalue weighted by molar-refractivity contribution is 5.75. The molecule has 0 aromatic carbocycles. The Morgan fingerprint density at radius 1 is 1.30 bits per heavy atom. The molecule has 1 rings (SSSR count).